The van der Waals surface area contributed by atoms with Crippen molar-refractivity contribution in [1.82, 2.24) is 0 Å². The summed E-state index contributed by atoms with van der Waals surface area (Å²) in [5.74, 6) is -0.0746. The van der Waals surface area contributed by atoms with Crippen LogP contribution >= 0.6 is 0 Å². The molecule has 0 heterocycles. The van der Waals surface area contributed by atoms with E-state index in [4.69, 9.17) is 9.88 Å². The van der Waals surface area contributed by atoms with Gasteiger partial charge in [-0.15, -0.1) is 0 Å². The van der Waals surface area contributed by atoms with Gasteiger partial charge in [-0.05, 0) is 5.56 Å². The summed E-state index contributed by atoms with van der Waals surface area (Å²) in [6, 6.07) is 9.75. The number of hydrogen-bond donors (Lipinski definition) is 1. The van der Waals surface area contributed by atoms with Gasteiger partial charge in [-0.2, -0.15) is 0 Å². The molecule has 0 unspecified atom stereocenters. The number of sulfonamides is 1. The van der Waals surface area contributed by atoms with E-state index >= 15 is 0 Å². The molecule has 0 atom stereocenters. The first-order valence-electron chi connectivity index (χ1n) is 5.41. The Bertz CT molecular complexity index is 440. The van der Waals surface area contributed by atoms with Gasteiger partial charge in [-0.1, -0.05) is 44.2 Å². The van der Waals surface area contributed by atoms with Crippen LogP contribution in [0, 0.1) is 5.41 Å². The molecule has 0 saturated carbocycles. The largest absolute Gasteiger partial charge is 0.376 e. The number of hydrogen-bond acceptors (Lipinski definition) is 3. The number of primary sulfonamides is 1. The van der Waals surface area contributed by atoms with Crippen molar-refractivity contribution < 1.29 is 13.2 Å². The maximum absolute atomic E-state index is 11.0. The van der Waals surface area contributed by atoms with Crippen molar-refractivity contribution in [2.24, 2.45) is 10.6 Å². The lowest BCUT2D eigenvalue weighted by Crippen LogP contribution is -2.32. The molecule has 2 N–H and O–H groups in total. The number of ether oxygens (including phenoxy) is 1. The minimum absolute atomic E-state index is 0.0746. The molecule has 0 saturated heterocycles. The van der Waals surface area contributed by atoms with Crippen molar-refractivity contribution >= 4 is 10.0 Å². The number of benzene rings is 1. The summed E-state index contributed by atoms with van der Waals surface area (Å²) >= 11 is 0. The van der Waals surface area contributed by atoms with Crippen LogP contribution in [0.5, 0.6) is 0 Å². The lowest BCUT2D eigenvalue weighted by Gasteiger charge is -2.22. The molecular weight excluding hydrogens is 238 g/mol. The molecule has 0 spiro atoms. The van der Waals surface area contributed by atoms with E-state index in [0.29, 0.717) is 13.2 Å². The summed E-state index contributed by atoms with van der Waals surface area (Å²) in [5.41, 5.74) is 0.599. The van der Waals surface area contributed by atoms with Crippen LogP contribution in [-0.4, -0.2) is 20.8 Å². The summed E-state index contributed by atoms with van der Waals surface area (Å²) in [4.78, 5) is 0. The SMILES string of the molecule is CC(C)(COCc1ccccc1)CS(N)(=O)=O. The Morgan fingerprint density at radius 3 is 2.35 bits per heavy atom. The smallest absolute Gasteiger partial charge is 0.209 e. The third kappa shape index (κ3) is 6.41. The Morgan fingerprint density at radius 2 is 1.82 bits per heavy atom. The fourth-order valence-corrected chi connectivity index (χ4v) is 2.78. The second-order valence-corrected chi connectivity index (χ2v) is 6.56. The van der Waals surface area contributed by atoms with Crippen molar-refractivity contribution in [3.05, 3.63) is 35.9 Å². The zero-order valence-electron chi connectivity index (χ0n) is 10.2. The van der Waals surface area contributed by atoms with Crippen LogP contribution in [0.2, 0.25) is 0 Å². The van der Waals surface area contributed by atoms with Gasteiger partial charge in [-0.3, -0.25) is 0 Å². The lowest BCUT2D eigenvalue weighted by molar-refractivity contribution is 0.0612. The summed E-state index contributed by atoms with van der Waals surface area (Å²) in [5, 5.41) is 5.02. The molecule has 0 amide bonds. The van der Waals surface area contributed by atoms with Crippen LogP contribution in [0.25, 0.3) is 0 Å². The van der Waals surface area contributed by atoms with E-state index in [0.717, 1.165) is 5.56 Å². The highest BCUT2D eigenvalue weighted by Crippen LogP contribution is 2.18. The van der Waals surface area contributed by atoms with Crippen molar-refractivity contribution in [2.45, 2.75) is 20.5 Å². The molecule has 4 nitrogen and oxygen atoms in total. The van der Waals surface area contributed by atoms with Crippen molar-refractivity contribution in [1.29, 1.82) is 0 Å². The maximum Gasteiger partial charge on any atom is 0.209 e. The summed E-state index contributed by atoms with van der Waals surface area (Å²) in [6.45, 7) is 4.48. The quantitative estimate of drug-likeness (QED) is 0.840. The van der Waals surface area contributed by atoms with Crippen LogP contribution in [0.15, 0.2) is 30.3 Å². The van der Waals surface area contributed by atoms with Crippen molar-refractivity contribution in [3.8, 4) is 0 Å². The standard InChI is InChI=1S/C12H19NO3S/c1-12(2,10-17(13,14)15)9-16-8-11-6-4-3-5-7-11/h3-7H,8-10H2,1-2H3,(H2,13,14,15). The normalized spacial score (nSPS) is 12.6. The highest BCUT2D eigenvalue weighted by atomic mass is 32.2. The lowest BCUT2D eigenvalue weighted by atomic mass is 9.98. The first-order valence-corrected chi connectivity index (χ1v) is 7.12. The molecule has 1 aromatic carbocycles. The zero-order chi connectivity index (χ0) is 12.9. The molecule has 0 aliphatic carbocycles. The van der Waals surface area contributed by atoms with E-state index in [1.807, 2.05) is 44.2 Å². The molecule has 1 aromatic rings. The molecule has 0 radical (unpaired) electrons. The van der Waals surface area contributed by atoms with Gasteiger partial charge in [0, 0.05) is 5.41 Å². The Morgan fingerprint density at radius 1 is 1.24 bits per heavy atom. The van der Waals surface area contributed by atoms with Crippen LogP contribution in [0.1, 0.15) is 19.4 Å². The fraction of sp³-hybridized carbons (Fsp3) is 0.500. The molecule has 0 fully saturated rings. The van der Waals surface area contributed by atoms with E-state index < -0.39 is 15.4 Å². The minimum atomic E-state index is -3.46. The topological polar surface area (TPSA) is 69.4 Å². The molecule has 0 aromatic heterocycles. The molecule has 0 aliphatic heterocycles. The van der Waals surface area contributed by atoms with Gasteiger partial charge in [0.2, 0.25) is 10.0 Å². The Hall–Kier alpha value is -0.910. The third-order valence-electron chi connectivity index (χ3n) is 2.20. The van der Waals surface area contributed by atoms with Crippen molar-refractivity contribution in [3.63, 3.8) is 0 Å². The van der Waals surface area contributed by atoms with Gasteiger partial charge in [-0.25, -0.2) is 13.6 Å². The van der Waals surface area contributed by atoms with Gasteiger partial charge < -0.3 is 4.74 Å². The predicted molar refractivity (Wildman–Crippen MR) is 67.9 cm³/mol. The van der Waals surface area contributed by atoms with Crippen LogP contribution in [0.3, 0.4) is 0 Å². The highest BCUT2D eigenvalue weighted by Gasteiger charge is 2.24. The van der Waals surface area contributed by atoms with Crippen LogP contribution in [-0.2, 0) is 21.4 Å². The predicted octanol–water partition coefficient (Wildman–Crippen LogP) is 1.52. The molecule has 1 rings (SSSR count). The summed E-state index contributed by atoms with van der Waals surface area (Å²) in [7, 11) is -3.46. The first-order chi connectivity index (χ1) is 7.79. The van der Waals surface area contributed by atoms with Crippen LogP contribution in [0.4, 0.5) is 0 Å². The molecule has 17 heavy (non-hydrogen) atoms. The molecular formula is C12H19NO3S. The monoisotopic (exact) mass is 257 g/mol. The van der Waals surface area contributed by atoms with Crippen molar-refractivity contribution in [2.75, 3.05) is 12.4 Å². The van der Waals surface area contributed by atoms with Crippen LogP contribution < -0.4 is 5.14 Å². The maximum atomic E-state index is 11.0. The van der Waals surface area contributed by atoms with E-state index in [1.54, 1.807) is 0 Å². The first kappa shape index (κ1) is 14.2. The molecule has 96 valence electrons. The van der Waals surface area contributed by atoms with Gasteiger partial charge in [0.25, 0.3) is 0 Å². The van der Waals surface area contributed by atoms with Gasteiger partial charge in [0.05, 0.1) is 19.0 Å². The minimum Gasteiger partial charge on any atom is -0.376 e. The zero-order valence-corrected chi connectivity index (χ0v) is 11.0. The number of rotatable bonds is 6. The average Bonchev–Trinajstić information content (AvgIpc) is 2.15. The Kier molecular flexibility index (Phi) is 4.68. The van der Waals surface area contributed by atoms with E-state index in [-0.39, 0.29) is 5.75 Å². The Balaban J connectivity index is 2.40. The highest BCUT2D eigenvalue weighted by molar-refractivity contribution is 7.89. The molecule has 0 aliphatic rings. The van der Waals surface area contributed by atoms with E-state index in [1.165, 1.54) is 0 Å². The summed E-state index contributed by atoms with van der Waals surface area (Å²) in [6.07, 6.45) is 0. The van der Waals surface area contributed by atoms with E-state index in [9.17, 15) is 8.42 Å². The molecule has 5 heteroatoms. The van der Waals surface area contributed by atoms with Gasteiger partial charge >= 0.3 is 0 Å². The average molecular weight is 257 g/mol. The van der Waals surface area contributed by atoms with Gasteiger partial charge in [0.1, 0.15) is 0 Å². The van der Waals surface area contributed by atoms with Gasteiger partial charge in [0.15, 0.2) is 0 Å². The summed E-state index contributed by atoms with van der Waals surface area (Å²) < 4.78 is 27.5. The third-order valence-corrected chi connectivity index (χ3v) is 3.38. The molecule has 0 bridgehead atoms. The second kappa shape index (κ2) is 5.62. The number of nitrogens with two attached hydrogens (primary N) is 1. The van der Waals surface area contributed by atoms with E-state index in [2.05, 4.69) is 0 Å². The fourth-order valence-electron chi connectivity index (χ4n) is 1.61. The Labute approximate surface area is 103 Å². The second-order valence-electron chi connectivity index (χ2n) is 4.95.